The maximum absolute atomic E-state index is 13.3. The predicted molar refractivity (Wildman–Crippen MR) is 104 cm³/mol. The molecule has 2 heterocycles. The minimum Gasteiger partial charge on any atom is -0.411 e. The lowest BCUT2D eigenvalue weighted by atomic mass is 10.0. The number of oxime groups is 1. The summed E-state index contributed by atoms with van der Waals surface area (Å²) in [6.07, 6.45) is 4.04. The van der Waals surface area contributed by atoms with Crippen LogP contribution in [0, 0.1) is 5.82 Å². The van der Waals surface area contributed by atoms with E-state index in [0.717, 1.165) is 19.6 Å². The van der Waals surface area contributed by atoms with Crippen LogP contribution in [0.3, 0.4) is 0 Å². The molecule has 28 heavy (non-hydrogen) atoms. The first kappa shape index (κ1) is 20.7. The van der Waals surface area contributed by atoms with Crippen LogP contribution in [-0.4, -0.2) is 51.8 Å². The van der Waals surface area contributed by atoms with Crippen molar-refractivity contribution in [2.24, 2.45) is 5.16 Å². The number of piperidine rings is 1. The van der Waals surface area contributed by atoms with Crippen LogP contribution in [0.5, 0.6) is 0 Å². The van der Waals surface area contributed by atoms with Crippen LogP contribution in [0.1, 0.15) is 43.1 Å². The normalized spacial score (nSPS) is 18.5. The number of nitrogens with zero attached hydrogens (tertiary/aromatic N) is 4. The molecule has 1 atom stereocenters. The fourth-order valence-electron chi connectivity index (χ4n) is 3.47. The Bertz CT molecular complexity index is 813. The number of aromatic nitrogens is 2. The number of benzene rings is 1. The molecule has 9 heteroatoms. The van der Waals surface area contributed by atoms with Crippen molar-refractivity contribution < 1.29 is 14.2 Å². The van der Waals surface area contributed by atoms with Gasteiger partial charge >= 0.3 is 0 Å². The Morgan fingerprint density at radius 2 is 2.29 bits per heavy atom. The van der Waals surface area contributed by atoms with Crippen LogP contribution < -0.4 is 5.32 Å². The zero-order valence-electron chi connectivity index (χ0n) is 15.9. The summed E-state index contributed by atoms with van der Waals surface area (Å²) in [4.78, 5) is 2.48. The van der Waals surface area contributed by atoms with Crippen LogP contribution in [0.25, 0.3) is 0 Å². The number of nitrogens with one attached hydrogen (secondary N) is 1. The third-order valence-electron chi connectivity index (χ3n) is 5.11. The summed E-state index contributed by atoms with van der Waals surface area (Å²) in [5.74, 6) is -0.496. The zero-order chi connectivity index (χ0) is 19.9. The van der Waals surface area contributed by atoms with Crippen molar-refractivity contribution in [2.75, 3.05) is 19.6 Å². The van der Waals surface area contributed by atoms with E-state index in [2.05, 4.69) is 32.6 Å². The van der Waals surface area contributed by atoms with E-state index < -0.39 is 5.82 Å². The molecule has 2 aromatic rings. The van der Waals surface area contributed by atoms with Gasteiger partial charge in [0, 0.05) is 32.1 Å². The first-order chi connectivity index (χ1) is 13.6. The molecule has 1 saturated heterocycles. The second kappa shape index (κ2) is 9.95. The lowest BCUT2D eigenvalue weighted by molar-refractivity contribution is 0.161. The highest BCUT2D eigenvalue weighted by Gasteiger charge is 2.19. The van der Waals surface area contributed by atoms with Gasteiger partial charge in [-0.3, -0.25) is 4.90 Å². The van der Waals surface area contributed by atoms with Crippen molar-refractivity contribution in [2.45, 2.75) is 45.2 Å². The molecule has 7 nitrogen and oxygen atoms in total. The van der Waals surface area contributed by atoms with Gasteiger partial charge in [0.25, 0.3) is 0 Å². The monoisotopic (exact) mass is 409 g/mol. The van der Waals surface area contributed by atoms with Gasteiger partial charge in [0.05, 0.1) is 5.02 Å². The molecule has 0 amide bonds. The van der Waals surface area contributed by atoms with Crippen molar-refractivity contribution in [3.8, 4) is 0 Å². The van der Waals surface area contributed by atoms with Crippen LogP contribution in [0.15, 0.2) is 28.0 Å². The third-order valence-corrected chi connectivity index (χ3v) is 5.40. The molecular weight excluding hydrogens is 385 g/mol. The maximum Gasteiger partial charge on any atom is 0.157 e. The van der Waals surface area contributed by atoms with E-state index in [1.165, 1.54) is 31.4 Å². The Morgan fingerprint density at radius 3 is 3.04 bits per heavy atom. The Balaban J connectivity index is 1.56. The van der Waals surface area contributed by atoms with E-state index in [1.54, 1.807) is 6.07 Å². The second-order valence-electron chi connectivity index (χ2n) is 7.09. The summed E-state index contributed by atoms with van der Waals surface area (Å²) in [7, 11) is 0. The van der Waals surface area contributed by atoms with Crippen molar-refractivity contribution in [3.63, 3.8) is 0 Å². The average molecular weight is 410 g/mol. The van der Waals surface area contributed by atoms with E-state index >= 15 is 0 Å². The average Bonchev–Trinajstić information content (AvgIpc) is 3.15. The van der Waals surface area contributed by atoms with E-state index in [1.807, 2.05) is 0 Å². The summed E-state index contributed by atoms with van der Waals surface area (Å²) in [6.45, 7) is 5.64. The summed E-state index contributed by atoms with van der Waals surface area (Å²) in [5.41, 5.74) is 1.92. The molecule has 0 saturated carbocycles. The molecule has 1 unspecified atom stereocenters. The van der Waals surface area contributed by atoms with Gasteiger partial charge in [-0.25, -0.2) is 9.02 Å². The van der Waals surface area contributed by atoms with E-state index in [4.69, 9.17) is 16.2 Å². The van der Waals surface area contributed by atoms with Crippen molar-refractivity contribution in [3.05, 3.63) is 46.0 Å². The van der Waals surface area contributed by atoms with Crippen molar-refractivity contribution in [1.82, 2.24) is 20.5 Å². The fourth-order valence-corrected chi connectivity index (χ4v) is 3.67. The molecule has 0 radical (unpaired) electrons. The molecule has 152 valence electrons. The van der Waals surface area contributed by atoms with Gasteiger partial charge in [0.2, 0.25) is 0 Å². The number of halogens is 2. The minimum atomic E-state index is -0.496. The molecule has 0 spiro atoms. The van der Waals surface area contributed by atoms with Crippen LogP contribution in [-0.2, 0) is 13.0 Å². The maximum atomic E-state index is 13.3. The fraction of sp³-hybridized carbons (Fsp3) is 0.526. The largest absolute Gasteiger partial charge is 0.411 e. The first-order valence-corrected chi connectivity index (χ1v) is 9.87. The lowest BCUT2D eigenvalue weighted by Gasteiger charge is -2.33. The molecular formula is C19H25ClFN5O2. The van der Waals surface area contributed by atoms with E-state index in [-0.39, 0.29) is 17.2 Å². The standard InChI is InChI=1S/C19H25ClFN5O2/c1-13-4-2-3-8-26(13)9-7-22-12-18-19(25-28-24-18)17(23-27)11-14-5-6-16(21)15(20)10-14/h5-6,10,13,22,27H,2-4,7-9,11-12H2,1H3. The predicted octanol–water partition coefficient (Wildman–Crippen LogP) is 3.25. The van der Waals surface area contributed by atoms with Gasteiger partial charge in [-0.15, -0.1) is 0 Å². The van der Waals surface area contributed by atoms with Gasteiger partial charge in [0.15, 0.2) is 5.69 Å². The van der Waals surface area contributed by atoms with Gasteiger partial charge in [-0.1, -0.05) is 34.4 Å². The Morgan fingerprint density at radius 1 is 1.43 bits per heavy atom. The third kappa shape index (κ3) is 5.27. The van der Waals surface area contributed by atoms with Crippen molar-refractivity contribution >= 4 is 17.3 Å². The number of hydrogen-bond donors (Lipinski definition) is 2. The summed E-state index contributed by atoms with van der Waals surface area (Å²) < 4.78 is 18.2. The van der Waals surface area contributed by atoms with Gasteiger partial charge in [0.1, 0.15) is 17.2 Å². The molecule has 1 aliphatic heterocycles. The number of hydrogen-bond acceptors (Lipinski definition) is 7. The molecule has 2 N–H and O–H groups in total. The summed E-state index contributed by atoms with van der Waals surface area (Å²) in [5, 5.41) is 23.9. The van der Waals surface area contributed by atoms with Crippen molar-refractivity contribution in [1.29, 1.82) is 0 Å². The first-order valence-electron chi connectivity index (χ1n) is 9.50. The Hall–Kier alpha value is -2.03. The quantitative estimate of drug-likeness (QED) is 0.301. The van der Waals surface area contributed by atoms with Gasteiger partial charge in [-0.05, 0) is 49.2 Å². The van der Waals surface area contributed by atoms with Gasteiger partial charge in [-0.2, -0.15) is 0 Å². The smallest absolute Gasteiger partial charge is 0.157 e. The second-order valence-corrected chi connectivity index (χ2v) is 7.50. The van der Waals surface area contributed by atoms with E-state index in [0.29, 0.717) is 29.5 Å². The molecule has 0 aliphatic carbocycles. The SMILES string of the molecule is CC1CCCCN1CCNCc1nonc1C(Cc1ccc(F)c(Cl)c1)=NO. The molecule has 3 rings (SSSR count). The highest BCUT2D eigenvalue weighted by Crippen LogP contribution is 2.18. The molecule has 1 aromatic heterocycles. The molecule has 1 aromatic carbocycles. The summed E-state index contributed by atoms with van der Waals surface area (Å²) >= 11 is 5.82. The summed E-state index contributed by atoms with van der Waals surface area (Å²) in [6, 6.07) is 4.97. The van der Waals surface area contributed by atoms with Crippen LogP contribution in [0.4, 0.5) is 4.39 Å². The highest BCUT2D eigenvalue weighted by molar-refractivity contribution is 6.30. The molecule has 0 bridgehead atoms. The number of likely N-dealkylation sites (tertiary alicyclic amines) is 1. The van der Waals surface area contributed by atoms with E-state index in [9.17, 15) is 9.60 Å². The lowest BCUT2D eigenvalue weighted by Crippen LogP contribution is -2.41. The Kier molecular flexibility index (Phi) is 7.36. The van der Waals surface area contributed by atoms with Crippen LogP contribution >= 0.6 is 11.6 Å². The zero-order valence-corrected chi connectivity index (χ0v) is 16.6. The minimum absolute atomic E-state index is 0.0156. The molecule has 1 aliphatic rings. The molecule has 1 fully saturated rings. The number of rotatable bonds is 8. The Labute approximate surface area is 168 Å². The highest BCUT2D eigenvalue weighted by atomic mass is 35.5. The topological polar surface area (TPSA) is 86.8 Å². The van der Waals surface area contributed by atoms with Crippen LogP contribution in [0.2, 0.25) is 5.02 Å². The van der Waals surface area contributed by atoms with Gasteiger partial charge < -0.3 is 10.5 Å².